The third-order valence-corrected chi connectivity index (χ3v) is 10.5. The highest BCUT2D eigenvalue weighted by atomic mass is 16.5. The van der Waals surface area contributed by atoms with Gasteiger partial charge >= 0.3 is 0 Å². The summed E-state index contributed by atoms with van der Waals surface area (Å²) < 4.78 is 22.2. The summed E-state index contributed by atoms with van der Waals surface area (Å²) in [5, 5.41) is 15.6. The van der Waals surface area contributed by atoms with Crippen molar-refractivity contribution in [2.24, 2.45) is 23.0 Å². The fourth-order valence-corrected chi connectivity index (χ4v) is 8.23. The molecule has 0 aliphatic heterocycles. The number of carbonyl (C=O) groups excluding carboxylic acids is 3. The van der Waals surface area contributed by atoms with Gasteiger partial charge in [0.1, 0.15) is 17.9 Å². The van der Waals surface area contributed by atoms with E-state index in [-0.39, 0.29) is 54.2 Å². The summed E-state index contributed by atoms with van der Waals surface area (Å²) >= 11 is 0. The Morgan fingerprint density at radius 3 is 2.60 bits per heavy atom. The Kier molecular flexibility index (Phi) is 11.4. The van der Waals surface area contributed by atoms with Crippen LogP contribution in [0.25, 0.3) is 0 Å². The van der Waals surface area contributed by atoms with Crippen LogP contribution in [0.4, 0.5) is 5.69 Å². The van der Waals surface area contributed by atoms with Crippen LogP contribution >= 0.6 is 0 Å². The van der Waals surface area contributed by atoms with E-state index >= 15 is 0 Å². The summed E-state index contributed by atoms with van der Waals surface area (Å²) in [6, 6.07) is 9.86. The van der Waals surface area contributed by atoms with Gasteiger partial charge in [-0.15, -0.1) is 0 Å². The van der Waals surface area contributed by atoms with E-state index in [2.05, 4.69) is 42.7 Å². The molecule has 256 valence electrons. The Hall–Kier alpha value is -3.67. The van der Waals surface area contributed by atoms with E-state index in [1.54, 1.807) is 11.1 Å². The topological polar surface area (TPSA) is 158 Å². The molecule has 2 fully saturated rings. The van der Waals surface area contributed by atoms with Crippen LogP contribution in [0.3, 0.4) is 0 Å². The van der Waals surface area contributed by atoms with Crippen LogP contribution < -0.4 is 21.1 Å². The molecule has 5 unspecified atom stereocenters. The standard InChI is InChI=1S/C36H49N3O8/c1-22-4-6-24-23(20-22)5-7-26-25(24)12-14-36(2)27(26)8-11-30(36)47-16-13-31(40)38-15-17-45-18-19-46-21-32(41)39-28-9-10-29(44-3)33(34(28)42)35(37)43/h4,6,9-10,20,25-27,30,42H,5,7-8,11-19,21H2,1-3H3,(H2,37,43)(H,38,40)(H,39,41). The van der Waals surface area contributed by atoms with Crippen molar-refractivity contribution in [2.75, 3.05) is 52.0 Å². The van der Waals surface area contributed by atoms with Gasteiger partial charge in [0.2, 0.25) is 11.8 Å². The summed E-state index contributed by atoms with van der Waals surface area (Å²) in [6.07, 6.45) is 7.67. The van der Waals surface area contributed by atoms with E-state index in [4.69, 9.17) is 24.7 Å². The quantitative estimate of drug-likeness (QED) is 0.165. The molecule has 5 N–H and O–H groups in total. The zero-order chi connectivity index (χ0) is 33.6. The molecular formula is C36H49N3O8. The molecule has 3 aliphatic carbocycles. The normalized spacial score (nSPS) is 24.5. The molecule has 0 aromatic heterocycles. The summed E-state index contributed by atoms with van der Waals surface area (Å²) in [5.74, 6) is 0.232. The second kappa shape index (κ2) is 15.5. The van der Waals surface area contributed by atoms with Gasteiger partial charge in [0, 0.05) is 13.0 Å². The molecule has 0 spiro atoms. The van der Waals surface area contributed by atoms with Crippen molar-refractivity contribution < 1.29 is 38.4 Å². The molecule has 0 radical (unpaired) electrons. The molecule has 0 bridgehead atoms. The zero-order valence-electron chi connectivity index (χ0n) is 27.8. The highest BCUT2D eigenvalue weighted by molar-refractivity contribution is 6.02. The van der Waals surface area contributed by atoms with Crippen molar-refractivity contribution in [1.29, 1.82) is 0 Å². The minimum atomic E-state index is -0.886. The van der Waals surface area contributed by atoms with Crippen LogP contribution in [0, 0.1) is 24.2 Å². The second-order valence-corrected chi connectivity index (χ2v) is 13.3. The maximum Gasteiger partial charge on any atom is 0.256 e. The van der Waals surface area contributed by atoms with Gasteiger partial charge in [-0.3, -0.25) is 14.4 Å². The number of aryl methyl sites for hydroxylation is 2. The molecule has 2 aromatic rings. The molecule has 47 heavy (non-hydrogen) atoms. The number of nitrogens with two attached hydrogens (primary N) is 1. The van der Waals surface area contributed by atoms with E-state index in [1.807, 2.05) is 0 Å². The second-order valence-electron chi connectivity index (χ2n) is 13.3. The number of nitrogens with one attached hydrogen (secondary N) is 2. The molecule has 11 heteroatoms. The average Bonchev–Trinajstić information content (AvgIpc) is 3.38. The fourth-order valence-electron chi connectivity index (χ4n) is 8.23. The van der Waals surface area contributed by atoms with Crippen molar-refractivity contribution in [1.82, 2.24) is 5.32 Å². The lowest BCUT2D eigenvalue weighted by Crippen LogP contribution is -2.45. The number of carbonyl (C=O) groups is 3. The van der Waals surface area contributed by atoms with Gasteiger partial charge in [-0.25, -0.2) is 0 Å². The first-order valence-corrected chi connectivity index (χ1v) is 16.7. The van der Waals surface area contributed by atoms with Gasteiger partial charge in [-0.2, -0.15) is 0 Å². The van der Waals surface area contributed by atoms with Gasteiger partial charge in [0.05, 0.1) is 45.3 Å². The molecule has 11 nitrogen and oxygen atoms in total. The first-order chi connectivity index (χ1) is 22.6. The molecule has 3 aliphatic rings. The van der Waals surface area contributed by atoms with Crippen LogP contribution in [0.1, 0.15) is 78.4 Å². The predicted molar refractivity (Wildman–Crippen MR) is 177 cm³/mol. The highest BCUT2D eigenvalue weighted by Crippen LogP contribution is 2.61. The number of primary amides is 1. The van der Waals surface area contributed by atoms with Gasteiger partial charge < -0.3 is 40.4 Å². The molecule has 0 heterocycles. The minimum absolute atomic E-state index is 0.0142. The lowest BCUT2D eigenvalue weighted by molar-refractivity contribution is -0.124. The van der Waals surface area contributed by atoms with Crippen molar-refractivity contribution >= 4 is 23.4 Å². The summed E-state index contributed by atoms with van der Waals surface area (Å²) in [5.41, 5.74) is 9.77. The molecular weight excluding hydrogens is 602 g/mol. The van der Waals surface area contributed by atoms with Crippen LogP contribution in [0.15, 0.2) is 30.3 Å². The largest absolute Gasteiger partial charge is 0.505 e. The van der Waals surface area contributed by atoms with Crippen molar-refractivity contribution in [3.8, 4) is 11.5 Å². The van der Waals surface area contributed by atoms with Crippen LogP contribution in [-0.4, -0.2) is 75.6 Å². The van der Waals surface area contributed by atoms with Gasteiger partial charge in [0.15, 0.2) is 5.75 Å². The molecule has 0 saturated heterocycles. The van der Waals surface area contributed by atoms with Crippen LogP contribution in [0.5, 0.6) is 11.5 Å². The SMILES string of the molecule is COc1ccc(NC(=O)COCCOCCNC(=O)CCOC2CCC3C4CCc5cc(C)ccc5C4CCC23C)c(O)c1C(N)=O. The third-order valence-electron chi connectivity index (χ3n) is 10.5. The number of phenols is 1. The molecule has 5 rings (SSSR count). The van der Waals surface area contributed by atoms with Crippen LogP contribution in [0.2, 0.25) is 0 Å². The van der Waals surface area contributed by atoms with Gasteiger partial charge in [0.25, 0.3) is 5.91 Å². The Balaban J connectivity index is 0.926. The number of anilines is 1. The molecule has 2 aromatic carbocycles. The lowest BCUT2D eigenvalue weighted by Gasteiger charge is -2.50. The minimum Gasteiger partial charge on any atom is -0.505 e. The number of amides is 3. The number of hydrogen-bond acceptors (Lipinski definition) is 8. The van der Waals surface area contributed by atoms with Gasteiger partial charge in [-0.1, -0.05) is 30.7 Å². The number of ether oxygens (including phenoxy) is 4. The van der Waals surface area contributed by atoms with E-state index < -0.39 is 17.6 Å². The maximum absolute atomic E-state index is 12.4. The predicted octanol–water partition coefficient (Wildman–Crippen LogP) is 4.23. The van der Waals surface area contributed by atoms with E-state index in [9.17, 15) is 19.5 Å². The Morgan fingerprint density at radius 2 is 1.81 bits per heavy atom. The Labute approximate surface area is 276 Å². The maximum atomic E-state index is 12.4. The van der Waals surface area contributed by atoms with Crippen molar-refractivity contribution in [3.05, 3.63) is 52.6 Å². The average molecular weight is 652 g/mol. The number of benzene rings is 2. The van der Waals surface area contributed by atoms with Crippen molar-refractivity contribution in [3.63, 3.8) is 0 Å². The van der Waals surface area contributed by atoms with Crippen molar-refractivity contribution in [2.45, 2.75) is 70.8 Å². The monoisotopic (exact) mass is 651 g/mol. The Morgan fingerprint density at radius 1 is 1.00 bits per heavy atom. The number of hydrogen-bond donors (Lipinski definition) is 4. The first kappa shape index (κ1) is 34.7. The molecule has 3 amide bonds. The van der Waals surface area contributed by atoms with E-state index in [1.165, 1.54) is 56.9 Å². The first-order valence-electron chi connectivity index (χ1n) is 16.7. The molecule has 5 atom stereocenters. The van der Waals surface area contributed by atoms with E-state index in [0.29, 0.717) is 38.0 Å². The van der Waals surface area contributed by atoms with E-state index in [0.717, 1.165) is 12.3 Å². The zero-order valence-corrected chi connectivity index (χ0v) is 27.8. The summed E-state index contributed by atoms with van der Waals surface area (Å²) in [7, 11) is 1.34. The summed E-state index contributed by atoms with van der Waals surface area (Å²) in [6.45, 7) is 5.82. The number of aromatic hydroxyl groups is 1. The summed E-state index contributed by atoms with van der Waals surface area (Å²) in [4.78, 5) is 36.2. The Bertz CT molecular complexity index is 1450. The highest BCUT2D eigenvalue weighted by Gasteiger charge is 2.55. The van der Waals surface area contributed by atoms with Crippen LogP contribution in [-0.2, 0) is 30.2 Å². The number of rotatable bonds is 15. The fraction of sp³-hybridized carbons (Fsp3) is 0.583. The number of methoxy groups -OCH3 is 1. The third kappa shape index (κ3) is 7.90. The van der Waals surface area contributed by atoms with Gasteiger partial charge in [-0.05, 0) is 91.9 Å². The molecule has 2 saturated carbocycles. The smallest absolute Gasteiger partial charge is 0.256 e. The number of fused-ring (bicyclic) bond motifs is 5. The lowest BCUT2D eigenvalue weighted by atomic mass is 9.55.